The number of hydrogen-bond donors (Lipinski definition) is 1. The van der Waals surface area contributed by atoms with E-state index in [9.17, 15) is 13.2 Å². The van der Waals surface area contributed by atoms with Gasteiger partial charge >= 0.3 is 0 Å². The summed E-state index contributed by atoms with van der Waals surface area (Å²) in [7, 11) is -3.94. The zero-order valence-corrected chi connectivity index (χ0v) is 20.7. The lowest BCUT2D eigenvalue weighted by atomic mass is 9.95. The van der Waals surface area contributed by atoms with E-state index in [1.807, 2.05) is 77.1 Å². The molecule has 33 heavy (non-hydrogen) atoms. The molecule has 3 aromatic rings. The van der Waals surface area contributed by atoms with Gasteiger partial charge in [0.2, 0.25) is 5.91 Å². The molecule has 1 amide bonds. The monoisotopic (exact) mass is 464 g/mol. The minimum absolute atomic E-state index is 0.157. The van der Waals surface area contributed by atoms with Crippen molar-refractivity contribution >= 4 is 21.6 Å². The number of carbonyl (C=O) groups excluding carboxylic acids is 1. The Morgan fingerprint density at radius 2 is 1.48 bits per heavy atom. The first-order valence-corrected chi connectivity index (χ1v) is 12.4. The number of aryl methyl sites for hydroxylation is 3. The predicted molar refractivity (Wildman–Crippen MR) is 134 cm³/mol. The van der Waals surface area contributed by atoms with Crippen LogP contribution in [0, 0.1) is 20.8 Å². The highest BCUT2D eigenvalue weighted by Crippen LogP contribution is 2.28. The Hall–Kier alpha value is -3.12. The van der Waals surface area contributed by atoms with Gasteiger partial charge in [-0.25, -0.2) is 8.42 Å². The molecule has 0 spiro atoms. The van der Waals surface area contributed by atoms with Crippen LogP contribution in [0.4, 0.5) is 5.69 Å². The first-order chi connectivity index (χ1) is 15.5. The van der Waals surface area contributed by atoms with Crippen LogP contribution < -0.4 is 9.62 Å². The Balaban J connectivity index is 1.91. The Labute approximate surface area is 197 Å². The molecule has 0 bridgehead atoms. The van der Waals surface area contributed by atoms with Crippen molar-refractivity contribution in [3.05, 3.63) is 95.1 Å². The van der Waals surface area contributed by atoms with E-state index < -0.39 is 15.6 Å². The third-order valence-corrected chi connectivity index (χ3v) is 7.26. The molecule has 0 unspecified atom stereocenters. The Kier molecular flexibility index (Phi) is 7.28. The average Bonchev–Trinajstić information content (AvgIpc) is 2.73. The van der Waals surface area contributed by atoms with Crippen LogP contribution in [0.5, 0.6) is 0 Å². The van der Waals surface area contributed by atoms with Crippen molar-refractivity contribution in [3.8, 4) is 0 Å². The maximum Gasteiger partial charge on any atom is 0.264 e. The number of benzene rings is 3. The van der Waals surface area contributed by atoms with E-state index in [2.05, 4.69) is 5.32 Å². The molecule has 0 aliphatic carbocycles. The summed E-state index contributed by atoms with van der Waals surface area (Å²) in [6, 6.07) is 22.1. The molecule has 174 valence electrons. The number of hydrogen-bond acceptors (Lipinski definition) is 3. The lowest BCUT2D eigenvalue weighted by Crippen LogP contribution is -2.50. The maximum absolute atomic E-state index is 13.6. The van der Waals surface area contributed by atoms with Gasteiger partial charge < -0.3 is 5.32 Å². The quantitative estimate of drug-likeness (QED) is 0.513. The normalized spacial score (nSPS) is 11.8. The van der Waals surface area contributed by atoms with E-state index in [-0.39, 0.29) is 17.3 Å². The largest absolute Gasteiger partial charge is 0.349 e. The van der Waals surface area contributed by atoms with E-state index in [0.29, 0.717) is 12.1 Å². The second-order valence-corrected chi connectivity index (χ2v) is 11.1. The van der Waals surface area contributed by atoms with Crippen molar-refractivity contribution in [3.63, 3.8) is 0 Å². The van der Waals surface area contributed by atoms with Crippen molar-refractivity contribution in [1.29, 1.82) is 0 Å². The minimum atomic E-state index is -3.94. The Bertz CT molecular complexity index is 1220. The number of nitrogens with zero attached hydrogens (tertiary/aromatic N) is 1. The molecule has 0 heterocycles. The fourth-order valence-corrected chi connectivity index (χ4v) is 5.41. The van der Waals surface area contributed by atoms with Gasteiger partial charge in [0.1, 0.15) is 6.54 Å². The molecular weight excluding hydrogens is 432 g/mol. The number of amides is 1. The fourth-order valence-electron chi connectivity index (χ4n) is 3.92. The van der Waals surface area contributed by atoms with Gasteiger partial charge in [-0.2, -0.15) is 0 Å². The molecule has 5 nitrogen and oxygen atoms in total. The number of carbonyl (C=O) groups is 1. The molecule has 1 N–H and O–H groups in total. The summed E-state index contributed by atoms with van der Waals surface area (Å²) >= 11 is 0. The summed E-state index contributed by atoms with van der Waals surface area (Å²) in [4.78, 5) is 13.3. The van der Waals surface area contributed by atoms with Crippen LogP contribution in [-0.4, -0.2) is 26.4 Å². The summed E-state index contributed by atoms with van der Waals surface area (Å²) in [5, 5.41) is 3.02. The van der Waals surface area contributed by atoms with E-state index in [0.717, 1.165) is 22.3 Å². The van der Waals surface area contributed by atoms with E-state index in [4.69, 9.17) is 0 Å². The smallest absolute Gasteiger partial charge is 0.264 e. The van der Waals surface area contributed by atoms with Crippen LogP contribution >= 0.6 is 0 Å². The van der Waals surface area contributed by atoms with Crippen LogP contribution in [0.2, 0.25) is 0 Å². The highest BCUT2D eigenvalue weighted by Gasteiger charge is 2.30. The molecule has 0 radical (unpaired) electrons. The molecule has 0 saturated heterocycles. The molecule has 0 saturated carbocycles. The topological polar surface area (TPSA) is 66.5 Å². The van der Waals surface area contributed by atoms with Crippen molar-refractivity contribution in [2.75, 3.05) is 10.8 Å². The molecule has 0 aromatic heterocycles. The lowest BCUT2D eigenvalue weighted by Gasteiger charge is -2.30. The van der Waals surface area contributed by atoms with Gasteiger partial charge in [-0.1, -0.05) is 65.7 Å². The molecule has 3 aromatic carbocycles. The van der Waals surface area contributed by atoms with E-state index in [1.165, 1.54) is 4.31 Å². The summed E-state index contributed by atoms with van der Waals surface area (Å²) in [6.45, 7) is 9.28. The van der Waals surface area contributed by atoms with Crippen LogP contribution in [0.3, 0.4) is 0 Å². The average molecular weight is 465 g/mol. The fraction of sp³-hybridized carbons (Fsp3) is 0.296. The van der Waals surface area contributed by atoms with Gasteiger partial charge in [0.05, 0.1) is 10.6 Å². The second-order valence-electron chi connectivity index (χ2n) is 9.21. The Morgan fingerprint density at radius 3 is 2.09 bits per heavy atom. The summed E-state index contributed by atoms with van der Waals surface area (Å²) in [5.74, 6) is -0.355. The van der Waals surface area contributed by atoms with Crippen LogP contribution in [0.25, 0.3) is 0 Å². The van der Waals surface area contributed by atoms with Gasteiger partial charge in [-0.05, 0) is 70.4 Å². The molecule has 0 aliphatic rings. The second kappa shape index (κ2) is 9.79. The van der Waals surface area contributed by atoms with Crippen molar-refractivity contribution in [1.82, 2.24) is 5.32 Å². The number of nitrogens with one attached hydrogen (secondary N) is 1. The van der Waals surface area contributed by atoms with Crippen molar-refractivity contribution in [2.45, 2.75) is 51.5 Å². The van der Waals surface area contributed by atoms with Gasteiger partial charge in [0, 0.05) is 5.54 Å². The maximum atomic E-state index is 13.6. The molecule has 0 aliphatic heterocycles. The molecular formula is C27H32N2O3S. The molecule has 3 rings (SSSR count). The third kappa shape index (κ3) is 6.23. The lowest BCUT2D eigenvalue weighted by molar-refractivity contribution is -0.121. The van der Waals surface area contributed by atoms with Gasteiger partial charge in [0.15, 0.2) is 0 Å². The number of rotatable bonds is 8. The first kappa shape index (κ1) is 24.5. The van der Waals surface area contributed by atoms with E-state index in [1.54, 1.807) is 30.3 Å². The number of anilines is 1. The van der Waals surface area contributed by atoms with E-state index >= 15 is 0 Å². The number of sulfonamides is 1. The highest BCUT2D eigenvalue weighted by atomic mass is 32.2. The zero-order chi connectivity index (χ0) is 24.2. The molecule has 6 heteroatoms. The zero-order valence-electron chi connectivity index (χ0n) is 19.9. The minimum Gasteiger partial charge on any atom is -0.349 e. The Morgan fingerprint density at radius 1 is 0.879 bits per heavy atom. The van der Waals surface area contributed by atoms with Crippen molar-refractivity contribution in [2.24, 2.45) is 0 Å². The van der Waals surface area contributed by atoms with Crippen molar-refractivity contribution < 1.29 is 13.2 Å². The predicted octanol–water partition coefficient (Wildman–Crippen LogP) is 4.94. The highest BCUT2D eigenvalue weighted by molar-refractivity contribution is 7.92. The first-order valence-electron chi connectivity index (χ1n) is 11.0. The SMILES string of the molecule is Cc1ccc(S(=O)(=O)N(CC(=O)NC(C)(C)Cc2ccccc2)c2ccc(C)cc2C)cc1. The van der Waals surface area contributed by atoms with Gasteiger partial charge in [0.25, 0.3) is 10.0 Å². The van der Waals surface area contributed by atoms with Crippen LogP contribution in [-0.2, 0) is 21.2 Å². The summed E-state index contributed by atoms with van der Waals surface area (Å²) in [5.41, 5.74) is 3.84. The van der Waals surface area contributed by atoms with Gasteiger partial charge in [-0.15, -0.1) is 0 Å². The molecule has 0 atom stereocenters. The standard InChI is InChI=1S/C27H32N2O3S/c1-20-11-14-24(15-12-20)33(31,32)29(25-16-13-21(2)17-22(25)3)19-26(30)28-27(4,5)18-23-9-7-6-8-10-23/h6-17H,18-19H2,1-5H3,(H,28,30). The van der Waals surface area contributed by atoms with Crippen LogP contribution in [0.1, 0.15) is 36.1 Å². The third-order valence-electron chi connectivity index (χ3n) is 5.48. The van der Waals surface area contributed by atoms with Crippen LogP contribution in [0.15, 0.2) is 77.7 Å². The summed E-state index contributed by atoms with van der Waals surface area (Å²) < 4.78 is 28.4. The molecule has 0 fully saturated rings. The van der Waals surface area contributed by atoms with Gasteiger partial charge in [-0.3, -0.25) is 9.10 Å². The summed E-state index contributed by atoms with van der Waals surface area (Å²) in [6.07, 6.45) is 0.633.